The summed E-state index contributed by atoms with van der Waals surface area (Å²) in [6, 6.07) is 6.72. The zero-order valence-electron chi connectivity index (χ0n) is 13.8. The first-order valence-electron chi connectivity index (χ1n) is 7.74. The van der Waals surface area contributed by atoms with Gasteiger partial charge in [0.2, 0.25) is 0 Å². The fourth-order valence-corrected chi connectivity index (χ4v) is 2.57. The van der Waals surface area contributed by atoms with Gasteiger partial charge in [-0.2, -0.15) is 0 Å². The molecule has 0 amide bonds. The first kappa shape index (κ1) is 17.2. The van der Waals surface area contributed by atoms with Crippen LogP contribution in [-0.4, -0.2) is 32.3 Å². The Labute approximate surface area is 149 Å². The maximum absolute atomic E-state index is 12.5. The molecule has 0 spiro atoms. The smallest absolute Gasteiger partial charge is 0.261 e. The van der Waals surface area contributed by atoms with E-state index in [4.69, 9.17) is 11.6 Å². The summed E-state index contributed by atoms with van der Waals surface area (Å²) in [7, 11) is 1.68. The Bertz CT molecular complexity index is 973. The van der Waals surface area contributed by atoms with Gasteiger partial charge in [0, 0.05) is 30.5 Å². The number of nitrogens with one attached hydrogen (secondary N) is 2. The molecule has 3 aromatic rings. The molecule has 3 rings (SSSR count). The molecule has 0 unspecified atom stereocenters. The maximum Gasteiger partial charge on any atom is 0.261 e. The fourth-order valence-electron chi connectivity index (χ4n) is 2.41. The SMILES string of the molecule is C[C@@H](CO)Nc1nc(Nc2cc(Cl)ccn2)cc2ccn(C)c(=O)c12. The van der Waals surface area contributed by atoms with Gasteiger partial charge in [-0.05, 0) is 36.6 Å². The molecule has 0 bridgehead atoms. The van der Waals surface area contributed by atoms with Crippen LogP contribution < -0.4 is 16.2 Å². The van der Waals surface area contributed by atoms with E-state index in [1.807, 2.05) is 6.07 Å². The van der Waals surface area contributed by atoms with Crippen LogP contribution >= 0.6 is 11.6 Å². The third-order valence-corrected chi connectivity index (χ3v) is 3.93. The van der Waals surface area contributed by atoms with E-state index in [9.17, 15) is 9.90 Å². The van der Waals surface area contributed by atoms with Gasteiger partial charge in [-0.15, -0.1) is 0 Å². The van der Waals surface area contributed by atoms with Crippen molar-refractivity contribution in [1.29, 1.82) is 0 Å². The number of hydrogen-bond acceptors (Lipinski definition) is 6. The Hall–Kier alpha value is -2.64. The van der Waals surface area contributed by atoms with Crippen molar-refractivity contribution in [2.24, 2.45) is 7.05 Å². The van der Waals surface area contributed by atoms with E-state index in [0.29, 0.717) is 27.9 Å². The number of anilines is 3. The van der Waals surface area contributed by atoms with Crippen molar-refractivity contribution in [3.63, 3.8) is 0 Å². The van der Waals surface area contributed by atoms with E-state index in [2.05, 4.69) is 20.6 Å². The first-order chi connectivity index (χ1) is 12.0. The molecule has 0 aliphatic heterocycles. The Morgan fingerprint density at radius 3 is 2.84 bits per heavy atom. The van der Waals surface area contributed by atoms with Crippen LogP contribution in [0.25, 0.3) is 10.8 Å². The molecule has 3 aromatic heterocycles. The molecular formula is C17H18ClN5O2. The minimum Gasteiger partial charge on any atom is -0.394 e. The molecule has 1 atom stereocenters. The van der Waals surface area contributed by atoms with Gasteiger partial charge in [0.25, 0.3) is 5.56 Å². The number of aliphatic hydroxyl groups is 1. The molecule has 0 saturated carbocycles. The van der Waals surface area contributed by atoms with Gasteiger partial charge in [-0.25, -0.2) is 9.97 Å². The Kier molecular flexibility index (Phi) is 4.87. The normalized spacial score (nSPS) is 12.2. The van der Waals surface area contributed by atoms with Gasteiger partial charge in [0.05, 0.1) is 12.0 Å². The van der Waals surface area contributed by atoms with Crippen LogP contribution in [0.2, 0.25) is 5.02 Å². The summed E-state index contributed by atoms with van der Waals surface area (Å²) < 4.78 is 1.49. The van der Waals surface area contributed by atoms with Crippen molar-refractivity contribution in [2.45, 2.75) is 13.0 Å². The van der Waals surface area contributed by atoms with Gasteiger partial charge in [-0.1, -0.05) is 11.6 Å². The lowest BCUT2D eigenvalue weighted by Gasteiger charge is -2.16. The second-order valence-corrected chi connectivity index (χ2v) is 6.20. The van der Waals surface area contributed by atoms with Gasteiger partial charge >= 0.3 is 0 Å². The van der Waals surface area contributed by atoms with Crippen molar-refractivity contribution in [3.05, 3.63) is 52.0 Å². The second kappa shape index (κ2) is 7.08. The molecule has 130 valence electrons. The molecule has 7 nitrogen and oxygen atoms in total. The number of aromatic nitrogens is 3. The highest BCUT2D eigenvalue weighted by Crippen LogP contribution is 2.25. The minimum atomic E-state index is -0.250. The third kappa shape index (κ3) is 3.72. The number of rotatable bonds is 5. The molecule has 0 aliphatic rings. The number of nitrogens with zero attached hydrogens (tertiary/aromatic N) is 3. The highest BCUT2D eigenvalue weighted by molar-refractivity contribution is 6.30. The Morgan fingerprint density at radius 1 is 1.32 bits per heavy atom. The number of aliphatic hydroxyl groups excluding tert-OH is 1. The predicted octanol–water partition coefficient (Wildman–Crippen LogP) is 2.52. The van der Waals surface area contributed by atoms with E-state index in [1.165, 1.54) is 4.57 Å². The van der Waals surface area contributed by atoms with Crippen molar-refractivity contribution in [1.82, 2.24) is 14.5 Å². The second-order valence-electron chi connectivity index (χ2n) is 5.76. The fraction of sp³-hybridized carbons (Fsp3) is 0.235. The van der Waals surface area contributed by atoms with Crippen LogP contribution in [0.15, 0.2) is 41.5 Å². The standard InChI is InChI=1S/C17H18ClN5O2/c1-10(9-24)20-16-15-11(4-6-23(2)17(15)25)7-14(22-16)21-13-8-12(18)3-5-19-13/h3-8,10,24H,9H2,1-2H3,(H2,19,20,21,22)/t10-/m0/s1. The monoisotopic (exact) mass is 359 g/mol. The summed E-state index contributed by atoms with van der Waals surface area (Å²) in [4.78, 5) is 21.2. The largest absolute Gasteiger partial charge is 0.394 e. The summed E-state index contributed by atoms with van der Waals surface area (Å²) in [5.41, 5.74) is -0.162. The number of halogens is 1. The lowest BCUT2D eigenvalue weighted by Crippen LogP contribution is -2.23. The zero-order chi connectivity index (χ0) is 18.0. The van der Waals surface area contributed by atoms with E-state index < -0.39 is 0 Å². The number of aryl methyl sites for hydroxylation is 1. The molecule has 0 saturated heterocycles. The molecule has 25 heavy (non-hydrogen) atoms. The van der Waals surface area contributed by atoms with Crippen LogP contribution in [0.4, 0.5) is 17.5 Å². The zero-order valence-corrected chi connectivity index (χ0v) is 14.6. The molecule has 0 aromatic carbocycles. The first-order valence-corrected chi connectivity index (χ1v) is 8.12. The maximum atomic E-state index is 12.5. The van der Waals surface area contributed by atoms with Gasteiger partial charge in [0.15, 0.2) is 0 Å². The highest BCUT2D eigenvalue weighted by Gasteiger charge is 2.13. The van der Waals surface area contributed by atoms with Crippen molar-refractivity contribution < 1.29 is 5.11 Å². The summed E-state index contributed by atoms with van der Waals surface area (Å²) >= 11 is 5.98. The average Bonchev–Trinajstić information content (AvgIpc) is 2.58. The molecular weight excluding hydrogens is 342 g/mol. The Balaban J connectivity index is 2.11. The highest BCUT2D eigenvalue weighted by atomic mass is 35.5. The van der Waals surface area contributed by atoms with Gasteiger partial charge < -0.3 is 20.3 Å². The average molecular weight is 360 g/mol. The minimum absolute atomic E-state index is 0.0795. The Morgan fingerprint density at radius 2 is 2.12 bits per heavy atom. The van der Waals surface area contributed by atoms with E-state index in [1.54, 1.807) is 44.6 Å². The lowest BCUT2D eigenvalue weighted by atomic mass is 10.2. The topological polar surface area (TPSA) is 92.1 Å². The van der Waals surface area contributed by atoms with Crippen LogP contribution in [0.1, 0.15) is 6.92 Å². The number of fused-ring (bicyclic) bond motifs is 1. The van der Waals surface area contributed by atoms with Crippen LogP contribution in [0.3, 0.4) is 0 Å². The molecule has 0 fully saturated rings. The molecule has 3 N–H and O–H groups in total. The van der Waals surface area contributed by atoms with Crippen molar-refractivity contribution in [2.75, 3.05) is 17.2 Å². The van der Waals surface area contributed by atoms with E-state index in [-0.39, 0.29) is 18.2 Å². The van der Waals surface area contributed by atoms with Crippen LogP contribution in [-0.2, 0) is 7.05 Å². The predicted molar refractivity (Wildman–Crippen MR) is 99.7 cm³/mol. The third-order valence-electron chi connectivity index (χ3n) is 3.70. The van der Waals surface area contributed by atoms with Crippen LogP contribution in [0, 0.1) is 0 Å². The molecule has 3 heterocycles. The summed E-state index contributed by atoms with van der Waals surface area (Å²) in [6.07, 6.45) is 3.29. The van der Waals surface area contributed by atoms with Gasteiger partial charge in [0.1, 0.15) is 17.5 Å². The summed E-state index contributed by atoms with van der Waals surface area (Å²) in [5, 5.41) is 17.2. The molecule has 0 aliphatic carbocycles. The number of hydrogen-bond donors (Lipinski definition) is 3. The van der Waals surface area contributed by atoms with Crippen LogP contribution in [0.5, 0.6) is 0 Å². The van der Waals surface area contributed by atoms with E-state index in [0.717, 1.165) is 5.39 Å². The number of pyridine rings is 3. The lowest BCUT2D eigenvalue weighted by molar-refractivity contribution is 0.281. The van der Waals surface area contributed by atoms with Crippen molar-refractivity contribution >= 4 is 39.8 Å². The van der Waals surface area contributed by atoms with Crippen molar-refractivity contribution in [3.8, 4) is 0 Å². The summed E-state index contributed by atoms with van der Waals surface area (Å²) in [5.74, 6) is 1.47. The van der Waals surface area contributed by atoms with E-state index >= 15 is 0 Å². The summed E-state index contributed by atoms with van der Waals surface area (Å²) in [6.45, 7) is 1.73. The van der Waals surface area contributed by atoms with Gasteiger partial charge in [-0.3, -0.25) is 4.79 Å². The molecule has 0 radical (unpaired) electrons. The quantitative estimate of drug-likeness (QED) is 0.648. The molecule has 8 heteroatoms.